The van der Waals surface area contributed by atoms with Gasteiger partial charge in [0.2, 0.25) is 15.9 Å². The molecule has 0 aromatic heterocycles. The van der Waals surface area contributed by atoms with E-state index in [0.717, 1.165) is 13.1 Å². The number of hydrogen-bond donors (Lipinski definition) is 1. The van der Waals surface area contributed by atoms with Gasteiger partial charge in [-0.1, -0.05) is 6.92 Å². The second kappa shape index (κ2) is 7.31. The predicted octanol–water partition coefficient (Wildman–Crippen LogP) is 0.384. The van der Waals surface area contributed by atoms with Crippen LogP contribution in [-0.4, -0.2) is 69.9 Å². The minimum absolute atomic E-state index is 0.00834. The minimum atomic E-state index is -3.54. The van der Waals surface area contributed by atoms with E-state index in [1.165, 1.54) is 4.31 Å². The van der Waals surface area contributed by atoms with Crippen LogP contribution >= 0.6 is 0 Å². The van der Waals surface area contributed by atoms with E-state index < -0.39 is 10.0 Å². The normalized spacial score (nSPS) is 20.8. The van der Waals surface area contributed by atoms with Crippen molar-refractivity contribution >= 4 is 15.9 Å². The van der Waals surface area contributed by atoms with Crippen molar-refractivity contribution in [3.8, 4) is 5.75 Å². The summed E-state index contributed by atoms with van der Waals surface area (Å²) in [6.45, 7) is 5.29. The van der Waals surface area contributed by atoms with Crippen molar-refractivity contribution in [2.24, 2.45) is 11.8 Å². The monoisotopic (exact) mass is 367 g/mol. The Morgan fingerprint density at radius 3 is 2.24 bits per heavy atom. The summed E-state index contributed by atoms with van der Waals surface area (Å²) in [5.41, 5.74) is 0. The molecule has 0 radical (unpaired) electrons. The fourth-order valence-corrected chi connectivity index (χ4v) is 4.62. The van der Waals surface area contributed by atoms with Crippen LogP contribution in [0.3, 0.4) is 0 Å². The second-order valence-electron chi connectivity index (χ2n) is 6.61. The second-order valence-corrected chi connectivity index (χ2v) is 8.55. The Hall–Kier alpha value is -1.64. The Morgan fingerprint density at radius 1 is 1.16 bits per heavy atom. The lowest BCUT2D eigenvalue weighted by atomic mass is 9.88. The molecule has 2 saturated heterocycles. The number of rotatable bonds is 5. The van der Waals surface area contributed by atoms with E-state index in [9.17, 15) is 13.2 Å². The Kier molecular flexibility index (Phi) is 5.31. The number of ether oxygens (including phenoxy) is 1. The smallest absolute Gasteiger partial charge is 0.243 e. The zero-order chi connectivity index (χ0) is 18.0. The highest BCUT2D eigenvalue weighted by Gasteiger charge is 2.35. The molecule has 1 aromatic rings. The van der Waals surface area contributed by atoms with Gasteiger partial charge >= 0.3 is 0 Å². The van der Waals surface area contributed by atoms with Gasteiger partial charge in [-0.3, -0.25) is 4.79 Å². The summed E-state index contributed by atoms with van der Waals surface area (Å²) in [6.07, 6.45) is 0. The molecule has 1 amide bonds. The number of piperazine rings is 1. The Bertz CT molecular complexity index is 708. The first-order valence-corrected chi connectivity index (χ1v) is 10.0. The number of methoxy groups -OCH3 is 1. The van der Waals surface area contributed by atoms with Crippen LogP contribution in [0, 0.1) is 11.8 Å². The van der Waals surface area contributed by atoms with E-state index in [2.05, 4.69) is 5.32 Å². The van der Waals surface area contributed by atoms with E-state index in [1.54, 1.807) is 36.3 Å². The van der Waals surface area contributed by atoms with Crippen molar-refractivity contribution < 1.29 is 17.9 Å². The zero-order valence-corrected chi connectivity index (χ0v) is 15.5. The van der Waals surface area contributed by atoms with Crippen molar-refractivity contribution in [2.45, 2.75) is 11.8 Å². The number of nitrogens with zero attached hydrogens (tertiary/aromatic N) is 2. The van der Waals surface area contributed by atoms with Crippen LogP contribution in [-0.2, 0) is 14.8 Å². The van der Waals surface area contributed by atoms with Gasteiger partial charge in [0.25, 0.3) is 0 Å². The summed E-state index contributed by atoms with van der Waals surface area (Å²) >= 11 is 0. The molecular weight excluding hydrogens is 342 g/mol. The molecule has 3 rings (SSSR count). The van der Waals surface area contributed by atoms with Gasteiger partial charge in [0.05, 0.1) is 12.0 Å². The summed E-state index contributed by atoms with van der Waals surface area (Å²) in [7, 11) is -1.99. The standard InChI is InChI=1S/C17H25N3O4S/c1-13(14-11-18-12-14)17(21)19-7-9-20(10-8-19)25(22,23)16-5-3-15(24-2)4-6-16/h3-6,13-14,18H,7-12H2,1-2H3. The van der Waals surface area contributed by atoms with Crippen LogP contribution in [0.5, 0.6) is 5.75 Å². The molecule has 0 spiro atoms. The maximum absolute atomic E-state index is 12.7. The third-order valence-corrected chi connectivity index (χ3v) is 7.07. The van der Waals surface area contributed by atoms with E-state index in [4.69, 9.17) is 4.74 Å². The molecular formula is C17H25N3O4S. The van der Waals surface area contributed by atoms with Crippen LogP contribution in [0.4, 0.5) is 0 Å². The lowest BCUT2D eigenvalue weighted by molar-refractivity contribution is -0.138. The van der Waals surface area contributed by atoms with Crippen molar-refractivity contribution in [1.29, 1.82) is 0 Å². The van der Waals surface area contributed by atoms with Crippen LogP contribution in [0.15, 0.2) is 29.2 Å². The molecule has 1 atom stereocenters. The van der Waals surface area contributed by atoms with E-state index in [0.29, 0.717) is 37.8 Å². The van der Waals surface area contributed by atoms with Crippen LogP contribution in [0.2, 0.25) is 0 Å². The number of benzene rings is 1. The first kappa shape index (κ1) is 18.2. The number of amides is 1. The Balaban J connectivity index is 1.61. The van der Waals surface area contributed by atoms with Crippen LogP contribution in [0.25, 0.3) is 0 Å². The quantitative estimate of drug-likeness (QED) is 0.814. The molecule has 0 aliphatic carbocycles. The van der Waals surface area contributed by atoms with Crippen molar-refractivity contribution in [1.82, 2.24) is 14.5 Å². The maximum atomic E-state index is 12.7. The summed E-state index contributed by atoms with van der Waals surface area (Å²) in [5.74, 6) is 1.14. The molecule has 2 heterocycles. The number of hydrogen-bond acceptors (Lipinski definition) is 5. The number of sulfonamides is 1. The van der Waals surface area contributed by atoms with Gasteiger partial charge in [-0.25, -0.2) is 8.42 Å². The highest BCUT2D eigenvalue weighted by Crippen LogP contribution is 2.23. The summed E-state index contributed by atoms with van der Waals surface area (Å²) in [6, 6.07) is 6.39. The maximum Gasteiger partial charge on any atom is 0.243 e. The minimum Gasteiger partial charge on any atom is -0.497 e. The lowest BCUT2D eigenvalue weighted by Crippen LogP contribution is -2.55. The Labute approximate surface area is 149 Å². The first-order chi connectivity index (χ1) is 11.9. The fraction of sp³-hybridized carbons (Fsp3) is 0.588. The van der Waals surface area contributed by atoms with Gasteiger partial charge < -0.3 is 15.0 Å². The molecule has 1 N–H and O–H groups in total. The highest BCUT2D eigenvalue weighted by atomic mass is 32.2. The topological polar surface area (TPSA) is 79.0 Å². The third-order valence-electron chi connectivity index (χ3n) is 5.16. The van der Waals surface area contributed by atoms with E-state index in [-0.39, 0.29) is 16.7 Å². The fourth-order valence-electron chi connectivity index (χ4n) is 3.20. The first-order valence-electron chi connectivity index (χ1n) is 8.57. The number of carbonyl (C=O) groups excluding carboxylic acids is 1. The highest BCUT2D eigenvalue weighted by molar-refractivity contribution is 7.89. The van der Waals surface area contributed by atoms with Crippen LogP contribution in [0.1, 0.15) is 6.92 Å². The summed E-state index contributed by atoms with van der Waals surface area (Å²) in [4.78, 5) is 14.6. The average Bonchev–Trinajstić information content (AvgIpc) is 2.59. The molecule has 0 saturated carbocycles. The van der Waals surface area contributed by atoms with Gasteiger partial charge in [-0.05, 0) is 43.3 Å². The van der Waals surface area contributed by atoms with E-state index >= 15 is 0 Å². The van der Waals surface area contributed by atoms with Gasteiger partial charge in [-0.15, -0.1) is 0 Å². The Morgan fingerprint density at radius 2 is 1.76 bits per heavy atom. The molecule has 25 heavy (non-hydrogen) atoms. The van der Waals surface area contributed by atoms with Gasteiger partial charge in [0.1, 0.15) is 5.75 Å². The summed E-state index contributed by atoms with van der Waals surface area (Å²) < 4.78 is 32.0. The number of carbonyl (C=O) groups is 1. The molecule has 8 heteroatoms. The zero-order valence-electron chi connectivity index (χ0n) is 14.6. The predicted molar refractivity (Wildman–Crippen MR) is 93.9 cm³/mol. The molecule has 2 aliphatic heterocycles. The third kappa shape index (κ3) is 3.65. The molecule has 138 valence electrons. The largest absolute Gasteiger partial charge is 0.497 e. The average molecular weight is 367 g/mol. The molecule has 1 aromatic carbocycles. The molecule has 2 aliphatic rings. The summed E-state index contributed by atoms with van der Waals surface area (Å²) in [5, 5.41) is 3.19. The van der Waals surface area contributed by atoms with Gasteiger partial charge in [0, 0.05) is 32.1 Å². The molecule has 2 fully saturated rings. The van der Waals surface area contributed by atoms with Crippen molar-refractivity contribution in [2.75, 3.05) is 46.4 Å². The van der Waals surface area contributed by atoms with Crippen molar-refractivity contribution in [3.05, 3.63) is 24.3 Å². The molecule has 0 bridgehead atoms. The lowest BCUT2D eigenvalue weighted by Gasteiger charge is -2.38. The van der Waals surface area contributed by atoms with Gasteiger partial charge in [0.15, 0.2) is 0 Å². The SMILES string of the molecule is COc1ccc(S(=O)(=O)N2CCN(C(=O)C(C)C3CNC3)CC2)cc1. The van der Waals surface area contributed by atoms with Gasteiger partial charge in [-0.2, -0.15) is 4.31 Å². The van der Waals surface area contributed by atoms with Crippen LogP contribution < -0.4 is 10.1 Å². The van der Waals surface area contributed by atoms with Crippen molar-refractivity contribution in [3.63, 3.8) is 0 Å². The molecule has 7 nitrogen and oxygen atoms in total. The number of nitrogens with one attached hydrogen (secondary N) is 1. The van der Waals surface area contributed by atoms with E-state index in [1.807, 2.05) is 6.92 Å². The molecule has 1 unspecified atom stereocenters.